The minimum atomic E-state index is -0.467. The molecule has 0 bridgehead atoms. The summed E-state index contributed by atoms with van der Waals surface area (Å²) in [6.45, 7) is 3.80. The van der Waals surface area contributed by atoms with Gasteiger partial charge in [-0.25, -0.2) is 0 Å². The van der Waals surface area contributed by atoms with Gasteiger partial charge in [-0.05, 0) is 44.2 Å². The summed E-state index contributed by atoms with van der Waals surface area (Å²) in [5.41, 5.74) is 3.22. The molecule has 2 aromatic carbocycles. The van der Waals surface area contributed by atoms with Gasteiger partial charge in [0.05, 0.1) is 7.11 Å². The van der Waals surface area contributed by atoms with Gasteiger partial charge in [-0.3, -0.25) is 9.59 Å². The molecule has 3 rings (SSSR count). The predicted molar refractivity (Wildman–Crippen MR) is 98.4 cm³/mol. The van der Waals surface area contributed by atoms with E-state index in [0.29, 0.717) is 11.3 Å². The molecule has 5 heteroatoms. The fraction of sp³-hybridized carbons (Fsp3) is 0.200. The van der Waals surface area contributed by atoms with E-state index in [1.807, 2.05) is 54.8 Å². The largest absolute Gasteiger partial charge is 0.497 e. The number of fused-ring (bicyclic) bond motifs is 1. The summed E-state index contributed by atoms with van der Waals surface area (Å²) in [6.07, 6.45) is 2.50. The molecular weight excluding hydrogens is 316 g/mol. The van der Waals surface area contributed by atoms with Crippen LogP contribution in [-0.4, -0.2) is 23.9 Å². The molecule has 0 saturated heterocycles. The van der Waals surface area contributed by atoms with Gasteiger partial charge < -0.3 is 14.6 Å². The molecule has 0 fully saturated rings. The number of carbonyl (C=O) groups is 2. The molecule has 0 saturated carbocycles. The van der Waals surface area contributed by atoms with Crippen LogP contribution < -0.4 is 10.1 Å². The van der Waals surface area contributed by atoms with Crippen molar-refractivity contribution in [2.75, 3.05) is 12.4 Å². The number of benzene rings is 2. The minimum Gasteiger partial charge on any atom is -0.497 e. The lowest BCUT2D eigenvalue weighted by atomic mass is 10.2. The number of aryl methyl sites for hydroxylation is 1. The highest BCUT2D eigenvalue weighted by Crippen LogP contribution is 2.28. The lowest BCUT2D eigenvalue weighted by molar-refractivity contribution is -0.118. The minimum absolute atomic E-state index is 0.144. The molecule has 1 unspecified atom stereocenters. The molecule has 0 aliphatic carbocycles. The molecular formula is C20H20N2O3. The summed E-state index contributed by atoms with van der Waals surface area (Å²) in [6, 6.07) is 12.6. The van der Waals surface area contributed by atoms with Crippen LogP contribution in [0, 0.1) is 6.92 Å². The molecule has 3 aromatic rings. The predicted octanol–water partition coefficient (Wildman–Crippen LogP) is 3.97. The quantitative estimate of drug-likeness (QED) is 0.717. The maximum absolute atomic E-state index is 12.6. The molecule has 0 aliphatic heterocycles. The fourth-order valence-electron chi connectivity index (χ4n) is 2.81. The van der Waals surface area contributed by atoms with Crippen molar-refractivity contribution in [3.63, 3.8) is 0 Å². The number of hydrogen-bond donors (Lipinski definition) is 1. The summed E-state index contributed by atoms with van der Waals surface area (Å²) < 4.78 is 7.03. The van der Waals surface area contributed by atoms with Gasteiger partial charge in [0.2, 0.25) is 5.91 Å². The van der Waals surface area contributed by atoms with E-state index in [1.165, 1.54) is 0 Å². The van der Waals surface area contributed by atoms with Crippen LogP contribution in [0.5, 0.6) is 5.75 Å². The molecule has 128 valence electrons. The van der Waals surface area contributed by atoms with Gasteiger partial charge >= 0.3 is 0 Å². The van der Waals surface area contributed by atoms with E-state index in [9.17, 15) is 9.59 Å². The lowest BCUT2D eigenvalue weighted by Gasteiger charge is -2.15. The molecule has 0 radical (unpaired) electrons. The Morgan fingerprint density at radius 2 is 1.92 bits per heavy atom. The molecule has 1 aromatic heterocycles. The number of ether oxygens (including phenoxy) is 1. The molecule has 0 aliphatic rings. The third-order valence-corrected chi connectivity index (χ3v) is 4.31. The number of nitrogens with one attached hydrogen (secondary N) is 1. The van der Waals surface area contributed by atoms with E-state index in [1.54, 1.807) is 19.4 Å². The number of methoxy groups -OCH3 is 1. The zero-order chi connectivity index (χ0) is 18.0. The van der Waals surface area contributed by atoms with Crippen LogP contribution in [0.2, 0.25) is 0 Å². The van der Waals surface area contributed by atoms with E-state index in [0.717, 1.165) is 28.4 Å². The van der Waals surface area contributed by atoms with Crippen molar-refractivity contribution in [2.24, 2.45) is 0 Å². The second-order valence-corrected chi connectivity index (χ2v) is 6.02. The van der Waals surface area contributed by atoms with E-state index < -0.39 is 6.04 Å². The highest BCUT2D eigenvalue weighted by molar-refractivity contribution is 6.00. The Hall–Kier alpha value is -3.08. The van der Waals surface area contributed by atoms with Gasteiger partial charge in [0.15, 0.2) is 6.29 Å². The number of nitrogens with zero attached hydrogens (tertiary/aromatic N) is 1. The maximum atomic E-state index is 12.6. The van der Waals surface area contributed by atoms with Crippen LogP contribution in [0.25, 0.3) is 10.9 Å². The SMILES string of the molecule is COc1ccc2c(c1)c(C=O)cn2C(C)C(=O)Nc1ccc(C)cc1. The van der Waals surface area contributed by atoms with Gasteiger partial charge in [-0.15, -0.1) is 0 Å². The average Bonchev–Trinajstić information content (AvgIpc) is 3.00. The number of rotatable bonds is 5. The van der Waals surface area contributed by atoms with E-state index in [-0.39, 0.29) is 5.91 Å². The van der Waals surface area contributed by atoms with E-state index >= 15 is 0 Å². The van der Waals surface area contributed by atoms with Gasteiger partial charge in [0.1, 0.15) is 11.8 Å². The number of hydrogen-bond acceptors (Lipinski definition) is 3. The van der Waals surface area contributed by atoms with E-state index in [2.05, 4.69) is 5.32 Å². The zero-order valence-electron chi connectivity index (χ0n) is 14.4. The number of carbonyl (C=O) groups excluding carboxylic acids is 2. The Labute approximate surface area is 146 Å². The number of aromatic nitrogens is 1. The van der Waals surface area contributed by atoms with Crippen molar-refractivity contribution in [1.82, 2.24) is 4.57 Å². The Kier molecular flexibility index (Phi) is 4.57. The first-order valence-corrected chi connectivity index (χ1v) is 8.04. The Morgan fingerprint density at radius 3 is 2.56 bits per heavy atom. The molecule has 1 atom stereocenters. The van der Waals surface area contributed by atoms with Gasteiger partial charge in [0, 0.05) is 28.4 Å². The van der Waals surface area contributed by atoms with Crippen LogP contribution >= 0.6 is 0 Å². The van der Waals surface area contributed by atoms with Crippen molar-refractivity contribution in [1.29, 1.82) is 0 Å². The fourth-order valence-corrected chi connectivity index (χ4v) is 2.81. The van der Waals surface area contributed by atoms with E-state index in [4.69, 9.17) is 4.74 Å². The molecule has 1 heterocycles. The van der Waals surface area contributed by atoms with Crippen LogP contribution in [0.4, 0.5) is 5.69 Å². The number of aldehydes is 1. The zero-order valence-corrected chi connectivity index (χ0v) is 14.4. The first-order valence-electron chi connectivity index (χ1n) is 8.04. The van der Waals surface area contributed by atoms with Crippen molar-refractivity contribution in [2.45, 2.75) is 19.9 Å². The normalized spacial score (nSPS) is 12.0. The first-order chi connectivity index (χ1) is 12.0. The van der Waals surface area contributed by atoms with Crippen molar-refractivity contribution < 1.29 is 14.3 Å². The maximum Gasteiger partial charge on any atom is 0.247 e. The third-order valence-electron chi connectivity index (χ3n) is 4.31. The highest BCUT2D eigenvalue weighted by Gasteiger charge is 2.19. The standard InChI is InChI=1S/C20H20N2O3/c1-13-4-6-16(7-5-13)21-20(24)14(2)22-11-15(12-23)18-10-17(25-3)8-9-19(18)22/h4-12,14H,1-3H3,(H,21,24). The van der Waals surface area contributed by atoms with Gasteiger partial charge in [-0.1, -0.05) is 17.7 Å². The Morgan fingerprint density at radius 1 is 1.20 bits per heavy atom. The van der Waals surface area contributed by atoms with Crippen LogP contribution in [0.1, 0.15) is 28.9 Å². The van der Waals surface area contributed by atoms with Crippen LogP contribution in [-0.2, 0) is 4.79 Å². The summed E-state index contributed by atoms with van der Waals surface area (Å²) in [5.74, 6) is 0.527. The number of anilines is 1. The van der Waals surface area contributed by atoms with Crippen molar-refractivity contribution >= 4 is 28.8 Å². The third kappa shape index (κ3) is 3.26. The molecule has 0 spiro atoms. The molecule has 5 nitrogen and oxygen atoms in total. The Balaban J connectivity index is 1.93. The van der Waals surface area contributed by atoms with Crippen LogP contribution in [0.15, 0.2) is 48.7 Å². The summed E-state index contributed by atoms with van der Waals surface area (Å²) in [7, 11) is 1.58. The topological polar surface area (TPSA) is 60.3 Å². The molecule has 1 N–H and O–H groups in total. The van der Waals surface area contributed by atoms with Gasteiger partial charge in [0.25, 0.3) is 0 Å². The Bertz CT molecular complexity index is 926. The highest BCUT2D eigenvalue weighted by atomic mass is 16.5. The second kappa shape index (κ2) is 6.81. The first kappa shape index (κ1) is 16.8. The summed E-state index contributed by atoms with van der Waals surface area (Å²) in [4.78, 5) is 24.0. The number of amides is 1. The smallest absolute Gasteiger partial charge is 0.247 e. The van der Waals surface area contributed by atoms with Crippen LogP contribution in [0.3, 0.4) is 0 Å². The monoisotopic (exact) mass is 336 g/mol. The summed E-state index contributed by atoms with van der Waals surface area (Å²) >= 11 is 0. The lowest BCUT2D eigenvalue weighted by Crippen LogP contribution is -2.23. The summed E-state index contributed by atoms with van der Waals surface area (Å²) in [5, 5.41) is 3.68. The molecule has 25 heavy (non-hydrogen) atoms. The molecule has 1 amide bonds. The van der Waals surface area contributed by atoms with Crippen molar-refractivity contribution in [3.05, 3.63) is 59.8 Å². The average molecular weight is 336 g/mol. The van der Waals surface area contributed by atoms with Crippen molar-refractivity contribution in [3.8, 4) is 5.75 Å². The van der Waals surface area contributed by atoms with Gasteiger partial charge in [-0.2, -0.15) is 0 Å². The second-order valence-electron chi connectivity index (χ2n) is 6.02.